The van der Waals surface area contributed by atoms with Gasteiger partial charge in [0.05, 0.1) is 106 Å². The summed E-state index contributed by atoms with van der Waals surface area (Å²) in [5, 5.41) is 13.2. The lowest BCUT2D eigenvalue weighted by molar-refractivity contribution is 0.113. The SMILES string of the molecule is CC(C)COC(=O)NC1CCC(Oc2cc(N3CCOCC3)cc3nccnc23)CC1.CN1CCC(c2cnc(NC3CCC(Oc4cc(N5CCOCC5)cc5nccnc45)CC3)nc2)CC1.Cc1nc(NC2CCC(Oc3cc(N4CCOCC4)cc4nccnc34)CC2)cc(N2CCN(C)CC2)n1.O=C(NC1CCC(Oc2cc(N3CCOCC3)cc3nccnc23)CC1)Oc1ccccc1. The molecule has 0 atom stereocenters. The molecule has 4 saturated carbocycles. The van der Waals surface area contributed by atoms with E-state index < -0.39 is 6.09 Å². The molecule has 6 aromatic heterocycles. The lowest BCUT2D eigenvalue weighted by atomic mass is 9.91. The Morgan fingerprint density at radius 3 is 1.11 bits per heavy atom. The zero-order valence-electron chi connectivity index (χ0n) is 81.0. The van der Waals surface area contributed by atoms with Gasteiger partial charge in [0.1, 0.15) is 68.3 Å². The lowest BCUT2D eigenvalue weighted by Gasteiger charge is -2.34. The Morgan fingerprint density at radius 1 is 0.374 bits per heavy atom. The summed E-state index contributed by atoms with van der Waals surface area (Å²) in [6, 6.07) is 29.0. The van der Waals surface area contributed by atoms with Gasteiger partial charge in [0.25, 0.3) is 0 Å². The van der Waals surface area contributed by atoms with Gasteiger partial charge < -0.3 is 103 Å². The number of ether oxygens (including phenoxy) is 10. The van der Waals surface area contributed by atoms with Crippen LogP contribution in [0.15, 0.2) is 147 Å². The molecular formula is C104H135N23O12. The molecule has 0 radical (unpaired) electrons. The molecule has 5 aromatic carbocycles. The first-order valence-corrected chi connectivity index (χ1v) is 50.4. The monoisotopic (exact) mass is 1900 g/mol. The maximum absolute atomic E-state index is 12.2. The van der Waals surface area contributed by atoms with Crippen LogP contribution in [-0.4, -0.2) is 296 Å². The molecule has 6 saturated heterocycles. The fourth-order valence-electron chi connectivity index (χ4n) is 19.9. The van der Waals surface area contributed by atoms with Gasteiger partial charge in [0.2, 0.25) is 5.95 Å². The number of amides is 2. The third-order valence-electron chi connectivity index (χ3n) is 27.8. The first-order chi connectivity index (χ1) is 68.1. The summed E-state index contributed by atoms with van der Waals surface area (Å²) in [6.07, 6.45) is 34.8. The zero-order valence-corrected chi connectivity index (χ0v) is 81.0. The van der Waals surface area contributed by atoms with Gasteiger partial charge in [-0.05, 0) is 203 Å². The van der Waals surface area contributed by atoms with Gasteiger partial charge in [-0.2, -0.15) is 0 Å². The van der Waals surface area contributed by atoms with Crippen LogP contribution in [0.3, 0.4) is 0 Å². The van der Waals surface area contributed by atoms with Crippen LogP contribution in [0.4, 0.5) is 49.9 Å². The number of fused-ring (bicyclic) bond motifs is 4. The topological polar surface area (TPSA) is 352 Å². The smallest absolute Gasteiger partial charge is 0.412 e. The van der Waals surface area contributed by atoms with Crippen molar-refractivity contribution in [1.82, 2.24) is 80.2 Å². The van der Waals surface area contributed by atoms with Crippen molar-refractivity contribution < 1.29 is 57.0 Å². The Bertz CT molecular complexity index is 5760. The van der Waals surface area contributed by atoms with Crippen LogP contribution < -0.4 is 69.5 Å². The predicted molar refractivity (Wildman–Crippen MR) is 537 cm³/mol. The number of piperidine rings is 1. The molecule has 0 spiro atoms. The van der Waals surface area contributed by atoms with E-state index in [0.717, 1.165) is 361 Å². The molecule has 4 aliphatic carbocycles. The van der Waals surface area contributed by atoms with Crippen LogP contribution in [0.2, 0.25) is 0 Å². The average molecular weight is 1900 g/mol. The summed E-state index contributed by atoms with van der Waals surface area (Å²) >= 11 is 0. The third-order valence-corrected chi connectivity index (χ3v) is 27.8. The Hall–Kier alpha value is -12.3. The van der Waals surface area contributed by atoms with Gasteiger partial charge >= 0.3 is 12.2 Å². The second-order valence-electron chi connectivity index (χ2n) is 38.4. The van der Waals surface area contributed by atoms with Crippen LogP contribution in [-0.2, 0) is 23.7 Å². The van der Waals surface area contributed by atoms with Crippen LogP contribution in [0.25, 0.3) is 44.1 Å². The van der Waals surface area contributed by atoms with Crippen molar-refractivity contribution in [2.45, 2.75) is 191 Å². The maximum atomic E-state index is 12.2. The summed E-state index contributed by atoms with van der Waals surface area (Å²) in [6.45, 7) is 25.7. The highest BCUT2D eigenvalue weighted by molar-refractivity contribution is 5.88. The number of likely N-dealkylation sites (N-methyl/N-ethyl adjacent to an activating group) is 1. The van der Waals surface area contributed by atoms with E-state index in [0.29, 0.717) is 36.3 Å². The zero-order chi connectivity index (χ0) is 95.0. The highest BCUT2D eigenvalue weighted by Gasteiger charge is 2.33. The standard InChI is InChI=1S/C28H38N8O2.C28H37N7O2.C25H28N4O4.C23H32N4O4/c1-20-31-26(19-27(32-20)36-11-9-34(2)10-12-36)33-21-3-5-23(6-4-21)38-25-18-22(35-13-15-37-16-14-35)17-24-28(25)30-8-7-29-24;1-34-10-6-20(7-11-34)21-18-31-28(32-19-21)33-22-2-4-24(5-3-22)37-26-17-23(35-12-14-36-15-13-35)16-25-27(26)30-9-8-29-25;30-25(33-20-4-2-1-3-5-20)28-18-6-8-21(9-7-18)32-23-17-19(29-12-14-31-15-13-29)16-22-24(23)27-11-10-26-22;1-16(2)15-30-23(28)26-17-3-5-19(6-4-17)31-21-14-18(27-9-11-29-12-10-27)13-20-22(21)25-8-7-24-20/h7-8,17-19,21,23H,3-6,9-16H2,1-2H3,(H,31,32,33);8-9,16-20,22,24H,2-7,10-15H2,1H3,(H,31,32,33);1-5,10-11,16-18,21H,6-9,12-15H2,(H,28,30);7-8,13-14,16-17,19H,3-6,9-12,15H2,1-2H3,(H,26,28). The number of benzene rings is 5. The lowest BCUT2D eigenvalue weighted by Crippen LogP contribution is -2.45. The number of carbonyl (C=O) groups excluding carboxylic acids is 2. The molecular weight excluding hydrogens is 1760 g/mol. The fourth-order valence-corrected chi connectivity index (χ4v) is 19.9. The summed E-state index contributed by atoms with van der Waals surface area (Å²) < 4.78 is 58.7. The number of likely N-dealkylation sites (tertiary alicyclic amines) is 1. The molecule has 139 heavy (non-hydrogen) atoms. The number of morpholine rings is 4. The molecule has 35 nitrogen and oxygen atoms in total. The van der Waals surface area contributed by atoms with Crippen molar-refractivity contribution in [3.05, 3.63) is 158 Å². The Labute approximate surface area is 813 Å². The molecule has 2 amide bonds. The van der Waals surface area contributed by atoms with E-state index in [1.807, 2.05) is 51.4 Å². The number of nitrogens with zero attached hydrogens (tertiary/aromatic N) is 19. The normalized spacial score (nSPS) is 22.4. The van der Waals surface area contributed by atoms with Gasteiger partial charge in [-0.3, -0.25) is 19.9 Å². The minimum absolute atomic E-state index is 0.0679. The Morgan fingerprint density at radius 2 is 0.727 bits per heavy atom. The van der Waals surface area contributed by atoms with Crippen LogP contribution in [0, 0.1) is 12.8 Å². The minimum Gasteiger partial charge on any atom is -0.488 e. The minimum atomic E-state index is -0.412. The van der Waals surface area contributed by atoms with Gasteiger partial charge in [-0.15, -0.1) is 0 Å². The van der Waals surface area contributed by atoms with E-state index in [1.165, 1.54) is 18.4 Å². The molecule has 10 fully saturated rings. The van der Waals surface area contributed by atoms with E-state index in [2.05, 4.69) is 174 Å². The van der Waals surface area contributed by atoms with E-state index in [1.54, 1.807) is 61.7 Å². The van der Waals surface area contributed by atoms with E-state index in [4.69, 9.17) is 57.3 Å². The molecule has 0 unspecified atom stereocenters. The molecule has 738 valence electrons. The molecule has 35 heteroatoms. The highest BCUT2D eigenvalue weighted by Crippen LogP contribution is 2.40. The van der Waals surface area contributed by atoms with Crippen molar-refractivity contribution >= 4 is 96.7 Å². The van der Waals surface area contributed by atoms with Crippen molar-refractivity contribution in [1.29, 1.82) is 0 Å². The molecule has 4 N–H and O–H groups in total. The van der Waals surface area contributed by atoms with Gasteiger partial charge in [0.15, 0.2) is 0 Å². The van der Waals surface area contributed by atoms with Crippen molar-refractivity contribution in [3.8, 4) is 28.7 Å². The van der Waals surface area contributed by atoms with Gasteiger partial charge in [0, 0.05) is 218 Å². The Balaban J connectivity index is 0.000000123. The average Bonchev–Trinajstić information content (AvgIpc) is 0.793. The molecule has 10 aliphatic rings. The number of piperazine rings is 1. The number of alkyl carbamates (subject to hydrolysis) is 1. The quantitative estimate of drug-likeness (QED) is 0.0462. The molecule has 12 heterocycles. The number of hydrogen-bond donors (Lipinski definition) is 4. The third kappa shape index (κ3) is 27.1. The van der Waals surface area contributed by atoms with Crippen molar-refractivity contribution in [2.24, 2.45) is 5.92 Å². The molecule has 11 aromatic rings. The number of para-hydroxylation sites is 1. The first kappa shape index (κ1) is 97.0. The van der Waals surface area contributed by atoms with Crippen LogP contribution in [0.5, 0.6) is 28.7 Å². The second kappa shape index (κ2) is 48.1. The first-order valence-electron chi connectivity index (χ1n) is 50.4. The Kier molecular flexibility index (Phi) is 33.5. The summed E-state index contributed by atoms with van der Waals surface area (Å²) in [7, 11) is 4.37. The number of hydrogen-bond acceptors (Lipinski definition) is 33. The number of rotatable bonds is 23. The fraction of sp³-hybridized carbons (Fsp3) is 0.538. The van der Waals surface area contributed by atoms with E-state index in [-0.39, 0.29) is 42.6 Å². The van der Waals surface area contributed by atoms with E-state index >= 15 is 0 Å². The number of aromatic nitrogens is 12. The largest absolute Gasteiger partial charge is 0.488 e. The van der Waals surface area contributed by atoms with Crippen molar-refractivity contribution in [2.75, 3.05) is 200 Å². The molecule has 6 aliphatic heterocycles. The molecule has 21 rings (SSSR count). The van der Waals surface area contributed by atoms with Gasteiger partial charge in [-0.25, -0.2) is 49.5 Å². The van der Waals surface area contributed by atoms with Crippen molar-refractivity contribution in [3.63, 3.8) is 0 Å². The molecule has 0 bridgehead atoms. The maximum Gasteiger partial charge on any atom is 0.412 e. The number of nitrogens with one attached hydrogen (secondary N) is 4. The number of carbonyl (C=O) groups is 2. The predicted octanol–water partition coefficient (Wildman–Crippen LogP) is 14.5. The second-order valence-corrected chi connectivity index (χ2v) is 38.4. The summed E-state index contributed by atoms with van der Waals surface area (Å²) in [5.74, 6) is 8.17. The van der Waals surface area contributed by atoms with Crippen LogP contribution >= 0.6 is 0 Å². The highest BCUT2D eigenvalue weighted by atomic mass is 16.6. The van der Waals surface area contributed by atoms with Crippen LogP contribution in [0.1, 0.15) is 147 Å². The van der Waals surface area contributed by atoms with Gasteiger partial charge in [-0.1, -0.05) is 32.0 Å². The number of aryl methyl sites for hydroxylation is 1. The number of anilines is 7. The van der Waals surface area contributed by atoms with E-state index in [9.17, 15) is 9.59 Å². The summed E-state index contributed by atoms with van der Waals surface area (Å²) in [5.41, 5.74) is 12.3. The summed E-state index contributed by atoms with van der Waals surface area (Å²) in [4.78, 5) is 95.6.